The molecule has 2 amide bonds. The maximum atomic E-state index is 12.4. The normalized spacial score (nSPS) is 10.8. The highest BCUT2D eigenvalue weighted by molar-refractivity contribution is 7.92. The fourth-order valence-electron chi connectivity index (χ4n) is 2.30. The van der Waals surface area contributed by atoms with Crippen LogP contribution in [0.3, 0.4) is 0 Å². The van der Waals surface area contributed by atoms with Crippen LogP contribution in [0.15, 0.2) is 84.0 Å². The first kappa shape index (κ1) is 18.4. The van der Waals surface area contributed by atoms with Crippen molar-refractivity contribution >= 4 is 27.4 Å². The summed E-state index contributed by atoms with van der Waals surface area (Å²) < 4.78 is 27.3. The standard InChI is InChI=1S/C19H18N4O3S/c24-19(21-14-15-10-12-20-13-11-15)22-16-6-8-18(9-7-16)27(25,26)23-17-4-2-1-3-5-17/h1-13,23H,14H2,(H2,21,22,24). The Kier molecular flexibility index (Phi) is 5.68. The zero-order chi connectivity index (χ0) is 19.1. The van der Waals surface area contributed by atoms with Crippen molar-refractivity contribution in [2.45, 2.75) is 11.4 Å². The van der Waals surface area contributed by atoms with Crippen molar-refractivity contribution in [3.05, 3.63) is 84.7 Å². The Bertz CT molecular complexity index is 992. The van der Waals surface area contributed by atoms with Crippen molar-refractivity contribution in [1.29, 1.82) is 0 Å². The second kappa shape index (κ2) is 8.33. The molecule has 3 N–H and O–H groups in total. The molecule has 0 spiro atoms. The molecule has 8 heteroatoms. The lowest BCUT2D eigenvalue weighted by atomic mass is 10.3. The lowest BCUT2D eigenvalue weighted by Gasteiger charge is -2.10. The van der Waals surface area contributed by atoms with Gasteiger partial charge in [0.2, 0.25) is 0 Å². The molecule has 138 valence electrons. The molecule has 0 fully saturated rings. The Morgan fingerprint density at radius 1 is 0.852 bits per heavy atom. The molecule has 3 rings (SSSR count). The highest BCUT2D eigenvalue weighted by Gasteiger charge is 2.14. The fraction of sp³-hybridized carbons (Fsp3) is 0.0526. The third-order valence-corrected chi connectivity index (χ3v) is 5.05. The van der Waals surface area contributed by atoms with E-state index in [1.54, 1.807) is 54.9 Å². The quantitative estimate of drug-likeness (QED) is 0.609. The maximum absolute atomic E-state index is 12.4. The summed E-state index contributed by atoms with van der Waals surface area (Å²) >= 11 is 0. The molecule has 0 unspecified atom stereocenters. The monoisotopic (exact) mass is 382 g/mol. The zero-order valence-corrected chi connectivity index (χ0v) is 15.1. The molecule has 0 radical (unpaired) electrons. The van der Waals surface area contributed by atoms with Gasteiger partial charge < -0.3 is 10.6 Å². The van der Waals surface area contributed by atoms with Gasteiger partial charge >= 0.3 is 6.03 Å². The average molecular weight is 382 g/mol. The molecule has 0 aliphatic carbocycles. The Morgan fingerprint density at radius 3 is 2.19 bits per heavy atom. The number of carbonyl (C=O) groups excluding carboxylic acids is 1. The predicted molar refractivity (Wildman–Crippen MR) is 104 cm³/mol. The molecule has 3 aromatic rings. The molecule has 0 saturated carbocycles. The van der Waals surface area contributed by atoms with Crippen molar-refractivity contribution in [2.24, 2.45) is 0 Å². The summed E-state index contributed by atoms with van der Waals surface area (Å²) in [6.45, 7) is 0.363. The molecule has 0 bridgehead atoms. The van der Waals surface area contributed by atoms with Gasteiger partial charge in [0.25, 0.3) is 10.0 Å². The third kappa shape index (κ3) is 5.29. The van der Waals surface area contributed by atoms with Crippen molar-refractivity contribution in [3.8, 4) is 0 Å². The SMILES string of the molecule is O=C(NCc1ccncc1)Nc1ccc(S(=O)(=O)Nc2ccccc2)cc1. The van der Waals surface area contributed by atoms with Gasteiger partial charge in [-0.15, -0.1) is 0 Å². The summed E-state index contributed by atoms with van der Waals surface area (Å²) in [5.41, 5.74) is 1.89. The number of hydrogen-bond acceptors (Lipinski definition) is 4. The van der Waals surface area contributed by atoms with Gasteiger partial charge in [-0.2, -0.15) is 0 Å². The topological polar surface area (TPSA) is 100 Å². The first-order valence-electron chi connectivity index (χ1n) is 8.15. The van der Waals surface area contributed by atoms with Crippen LogP contribution in [0.1, 0.15) is 5.56 Å². The van der Waals surface area contributed by atoms with E-state index in [9.17, 15) is 13.2 Å². The number of rotatable bonds is 6. The molecular formula is C19H18N4O3S. The van der Waals surface area contributed by atoms with Crippen LogP contribution in [0.5, 0.6) is 0 Å². The van der Waals surface area contributed by atoms with Gasteiger partial charge in [-0.05, 0) is 54.1 Å². The minimum Gasteiger partial charge on any atom is -0.334 e. The molecule has 0 aliphatic heterocycles. The number of amides is 2. The van der Waals surface area contributed by atoms with E-state index in [0.717, 1.165) is 5.56 Å². The van der Waals surface area contributed by atoms with Gasteiger partial charge in [0, 0.05) is 30.3 Å². The van der Waals surface area contributed by atoms with Crippen LogP contribution in [0, 0.1) is 0 Å². The molecule has 7 nitrogen and oxygen atoms in total. The number of benzene rings is 2. The van der Waals surface area contributed by atoms with Crippen molar-refractivity contribution in [3.63, 3.8) is 0 Å². The summed E-state index contributed by atoms with van der Waals surface area (Å²) in [5.74, 6) is 0. The highest BCUT2D eigenvalue weighted by atomic mass is 32.2. The number of urea groups is 1. The molecular weight excluding hydrogens is 364 g/mol. The molecule has 1 heterocycles. The van der Waals surface area contributed by atoms with E-state index in [2.05, 4.69) is 20.3 Å². The Balaban J connectivity index is 1.59. The maximum Gasteiger partial charge on any atom is 0.319 e. The minimum absolute atomic E-state index is 0.106. The van der Waals surface area contributed by atoms with Gasteiger partial charge in [-0.25, -0.2) is 13.2 Å². The van der Waals surface area contributed by atoms with Crippen LogP contribution in [0.2, 0.25) is 0 Å². The molecule has 0 saturated heterocycles. The number of nitrogens with one attached hydrogen (secondary N) is 3. The number of anilines is 2. The number of carbonyl (C=O) groups is 1. The average Bonchev–Trinajstić information content (AvgIpc) is 2.68. The van der Waals surface area contributed by atoms with Gasteiger partial charge in [0.15, 0.2) is 0 Å². The second-order valence-corrected chi connectivity index (χ2v) is 7.34. The number of pyridine rings is 1. The fourth-order valence-corrected chi connectivity index (χ4v) is 3.35. The van der Waals surface area contributed by atoms with E-state index in [1.807, 2.05) is 0 Å². The largest absolute Gasteiger partial charge is 0.334 e. The molecule has 0 aliphatic rings. The summed E-state index contributed by atoms with van der Waals surface area (Å²) in [7, 11) is -3.69. The van der Waals surface area contributed by atoms with E-state index >= 15 is 0 Å². The molecule has 2 aromatic carbocycles. The number of aromatic nitrogens is 1. The summed E-state index contributed by atoms with van der Waals surface area (Å²) in [5, 5.41) is 5.38. The van der Waals surface area contributed by atoms with Gasteiger partial charge in [-0.3, -0.25) is 9.71 Å². The first-order chi connectivity index (χ1) is 13.0. The highest BCUT2D eigenvalue weighted by Crippen LogP contribution is 2.18. The van der Waals surface area contributed by atoms with E-state index in [0.29, 0.717) is 17.9 Å². The zero-order valence-electron chi connectivity index (χ0n) is 14.3. The number of para-hydroxylation sites is 1. The number of hydrogen-bond donors (Lipinski definition) is 3. The summed E-state index contributed by atoms with van der Waals surface area (Å²) in [4.78, 5) is 16.0. The van der Waals surface area contributed by atoms with Crippen molar-refractivity contribution in [2.75, 3.05) is 10.0 Å². The minimum atomic E-state index is -3.69. The number of nitrogens with zero attached hydrogens (tertiary/aromatic N) is 1. The Labute approximate surface area is 157 Å². The van der Waals surface area contributed by atoms with Crippen LogP contribution in [0.25, 0.3) is 0 Å². The second-order valence-electron chi connectivity index (χ2n) is 5.66. The third-order valence-electron chi connectivity index (χ3n) is 3.65. The van der Waals surface area contributed by atoms with Crippen LogP contribution in [-0.2, 0) is 16.6 Å². The summed E-state index contributed by atoms with van der Waals surface area (Å²) in [6, 6.07) is 17.8. The van der Waals surface area contributed by atoms with Crippen LogP contribution < -0.4 is 15.4 Å². The van der Waals surface area contributed by atoms with Gasteiger partial charge in [0.05, 0.1) is 4.90 Å². The van der Waals surface area contributed by atoms with Gasteiger partial charge in [-0.1, -0.05) is 18.2 Å². The molecule has 0 atom stereocenters. The van der Waals surface area contributed by atoms with Crippen LogP contribution in [0.4, 0.5) is 16.2 Å². The van der Waals surface area contributed by atoms with Crippen LogP contribution >= 0.6 is 0 Å². The molecule has 1 aromatic heterocycles. The smallest absolute Gasteiger partial charge is 0.319 e. The first-order valence-corrected chi connectivity index (χ1v) is 9.63. The van der Waals surface area contributed by atoms with Crippen molar-refractivity contribution < 1.29 is 13.2 Å². The van der Waals surface area contributed by atoms with E-state index in [1.165, 1.54) is 24.3 Å². The Morgan fingerprint density at radius 2 is 1.52 bits per heavy atom. The lowest BCUT2D eigenvalue weighted by molar-refractivity contribution is 0.251. The predicted octanol–water partition coefficient (Wildman–Crippen LogP) is 3.20. The molecule has 27 heavy (non-hydrogen) atoms. The Hall–Kier alpha value is -3.39. The van der Waals surface area contributed by atoms with E-state index in [4.69, 9.17) is 0 Å². The van der Waals surface area contributed by atoms with Crippen LogP contribution in [-0.4, -0.2) is 19.4 Å². The lowest BCUT2D eigenvalue weighted by Crippen LogP contribution is -2.28. The summed E-state index contributed by atoms with van der Waals surface area (Å²) in [6.07, 6.45) is 3.30. The van der Waals surface area contributed by atoms with E-state index in [-0.39, 0.29) is 10.9 Å². The van der Waals surface area contributed by atoms with E-state index < -0.39 is 10.0 Å². The van der Waals surface area contributed by atoms with Gasteiger partial charge in [0.1, 0.15) is 0 Å². The van der Waals surface area contributed by atoms with Crippen molar-refractivity contribution in [1.82, 2.24) is 10.3 Å². The number of sulfonamides is 1.